The van der Waals surface area contributed by atoms with E-state index in [9.17, 15) is 13.2 Å². The van der Waals surface area contributed by atoms with Crippen LogP contribution in [-0.4, -0.2) is 78.7 Å². The second-order valence-corrected chi connectivity index (χ2v) is 11.4. The molecule has 190 valence electrons. The summed E-state index contributed by atoms with van der Waals surface area (Å²) in [7, 11) is -3.10. The normalized spacial score (nSPS) is 19.8. The molecule has 0 spiro atoms. The quantitative estimate of drug-likeness (QED) is 0.493. The summed E-state index contributed by atoms with van der Waals surface area (Å²) in [5.41, 5.74) is 4.41. The van der Waals surface area contributed by atoms with Crippen LogP contribution in [0.5, 0.6) is 0 Å². The second-order valence-electron chi connectivity index (χ2n) is 9.40. The number of carbonyl (C=O) groups is 1. The molecule has 0 saturated carbocycles. The molecule has 36 heavy (non-hydrogen) atoms. The van der Waals surface area contributed by atoms with Gasteiger partial charge in [0.1, 0.15) is 12.1 Å². The molecule has 1 atom stereocenters. The number of sulfonamides is 1. The Balaban J connectivity index is 1.28. The maximum atomic E-state index is 11.7. The number of amides is 1. The molecule has 1 aromatic carbocycles. The minimum Gasteiger partial charge on any atom is -0.366 e. The highest BCUT2D eigenvalue weighted by atomic mass is 32.2. The Labute approximate surface area is 210 Å². The molecule has 2 aliphatic heterocycles. The molecule has 1 amide bonds. The van der Waals surface area contributed by atoms with Crippen LogP contribution >= 0.6 is 0 Å². The van der Waals surface area contributed by atoms with Gasteiger partial charge in [0, 0.05) is 44.1 Å². The fourth-order valence-electron chi connectivity index (χ4n) is 4.71. The molecule has 0 bridgehead atoms. The van der Waals surface area contributed by atoms with Gasteiger partial charge in [-0.05, 0) is 36.8 Å². The van der Waals surface area contributed by atoms with E-state index in [1.165, 1.54) is 11.8 Å². The lowest BCUT2D eigenvalue weighted by Gasteiger charge is -2.30. The first-order valence-corrected chi connectivity index (χ1v) is 14.0. The van der Waals surface area contributed by atoms with E-state index in [0.717, 1.165) is 36.0 Å². The van der Waals surface area contributed by atoms with Gasteiger partial charge in [0.2, 0.25) is 15.9 Å². The molecule has 5 rings (SSSR count). The Morgan fingerprint density at radius 3 is 2.58 bits per heavy atom. The molecule has 0 aliphatic carbocycles. The van der Waals surface area contributed by atoms with Gasteiger partial charge in [0.15, 0.2) is 5.82 Å². The number of aromatic nitrogens is 3. The number of hydrogen-bond acceptors (Lipinski definition) is 8. The summed E-state index contributed by atoms with van der Waals surface area (Å²) in [4.78, 5) is 25.1. The number of pyridine rings is 1. The number of piperidine rings is 1. The molecule has 2 saturated heterocycles. The standard InChI is InChI=1S/C25H30N6O4S/c1-36(33,34)31-10-6-18(7-11-31)12-17-2-4-19(5-3-17)21-13-22-24(27-9-8-26-22)25(30-21)29-15-20-14-28-23(32)16-35-20/h2-5,8-9,13,18,20H,6-7,10-12,14-16H2,1H3,(H,28,32)(H,29,30)/t20-/m1/s1. The van der Waals surface area contributed by atoms with Gasteiger partial charge in [-0.1, -0.05) is 24.3 Å². The van der Waals surface area contributed by atoms with Crippen molar-refractivity contribution in [3.8, 4) is 11.3 Å². The number of nitrogens with one attached hydrogen (secondary N) is 2. The summed E-state index contributed by atoms with van der Waals surface area (Å²) >= 11 is 0. The van der Waals surface area contributed by atoms with Crippen LogP contribution in [-0.2, 0) is 26.0 Å². The third-order valence-corrected chi connectivity index (χ3v) is 8.05. The average Bonchev–Trinajstić information content (AvgIpc) is 2.88. The smallest absolute Gasteiger partial charge is 0.246 e. The molecule has 0 unspecified atom stereocenters. The first kappa shape index (κ1) is 24.5. The van der Waals surface area contributed by atoms with Crippen LogP contribution in [0.15, 0.2) is 42.7 Å². The molecule has 11 heteroatoms. The summed E-state index contributed by atoms with van der Waals surface area (Å²) < 4.78 is 30.6. The maximum absolute atomic E-state index is 11.7. The van der Waals surface area contributed by atoms with Crippen molar-refractivity contribution < 1.29 is 17.9 Å². The molecule has 10 nitrogen and oxygen atoms in total. The second kappa shape index (κ2) is 10.5. The van der Waals surface area contributed by atoms with Crippen LogP contribution in [0.4, 0.5) is 5.82 Å². The monoisotopic (exact) mass is 510 g/mol. The summed E-state index contributed by atoms with van der Waals surface area (Å²) in [5, 5.41) is 6.13. The number of benzene rings is 1. The van der Waals surface area contributed by atoms with Crippen LogP contribution in [0.1, 0.15) is 18.4 Å². The van der Waals surface area contributed by atoms with Crippen LogP contribution in [0.25, 0.3) is 22.3 Å². The predicted molar refractivity (Wildman–Crippen MR) is 137 cm³/mol. The molecule has 0 radical (unpaired) electrons. The number of hydrogen-bond donors (Lipinski definition) is 2. The maximum Gasteiger partial charge on any atom is 0.246 e. The molecule has 2 fully saturated rings. The Hall–Kier alpha value is -3.15. The molecule has 4 heterocycles. The fourth-order valence-corrected chi connectivity index (χ4v) is 5.58. The number of rotatable bonds is 7. The van der Waals surface area contributed by atoms with Crippen LogP contribution in [0.3, 0.4) is 0 Å². The number of ether oxygens (including phenoxy) is 1. The van der Waals surface area contributed by atoms with E-state index in [1.807, 2.05) is 6.07 Å². The van der Waals surface area contributed by atoms with Gasteiger partial charge in [-0.3, -0.25) is 9.78 Å². The number of nitrogens with zero attached hydrogens (tertiary/aromatic N) is 4. The molecule has 3 aromatic rings. The number of morpholine rings is 1. The third-order valence-electron chi connectivity index (χ3n) is 6.75. The Morgan fingerprint density at radius 1 is 1.14 bits per heavy atom. The summed E-state index contributed by atoms with van der Waals surface area (Å²) in [6, 6.07) is 10.3. The largest absolute Gasteiger partial charge is 0.366 e. The van der Waals surface area contributed by atoms with Crippen molar-refractivity contribution in [3.05, 3.63) is 48.3 Å². The zero-order valence-electron chi connectivity index (χ0n) is 20.2. The van der Waals surface area contributed by atoms with E-state index < -0.39 is 10.0 Å². The molecular weight excluding hydrogens is 480 g/mol. The number of carbonyl (C=O) groups excluding carboxylic acids is 1. The van der Waals surface area contributed by atoms with E-state index >= 15 is 0 Å². The summed E-state index contributed by atoms with van der Waals surface area (Å²) in [5.74, 6) is 0.994. The zero-order valence-corrected chi connectivity index (χ0v) is 21.0. The third kappa shape index (κ3) is 5.80. The lowest BCUT2D eigenvalue weighted by atomic mass is 9.90. The zero-order chi connectivity index (χ0) is 25.1. The summed E-state index contributed by atoms with van der Waals surface area (Å²) in [6.45, 7) is 2.18. The SMILES string of the molecule is CS(=O)(=O)N1CCC(Cc2ccc(-c3cc4nccnc4c(NC[C@H]4CNC(=O)CO4)n3)cc2)CC1. The minimum atomic E-state index is -3.10. The van der Waals surface area contributed by atoms with Gasteiger partial charge in [0.25, 0.3) is 0 Å². The van der Waals surface area contributed by atoms with Crippen molar-refractivity contribution in [3.63, 3.8) is 0 Å². The van der Waals surface area contributed by atoms with Gasteiger partial charge in [0.05, 0.1) is 23.6 Å². The predicted octanol–water partition coefficient (Wildman–Crippen LogP) is 1.83. The Kier molecular flexibility index (Phi) is 7.13. The topological polar surface area (TPSA) is 126 Å². The lowest BCUT2D eigenvalue weighted by molar-refractivity contribution is -0.132. The van der Waals surface area contributed by atoms with Gasteiger partial charge < -0.3 is 15.4 Å². The first-order chi connectivity index (χ1) is 17.3. The minimum absolute atomic E-state index is 0.0591. The van der Waals surface area contributed by atoms with E-state index in [4.69, 9.17) is 9.72 Å². The molecular formula is C25H30N6O4S. The van der Waals surface area contributed by atoms with Crippen molar-refractivity contribution in [2.75, 3.05) is 44.4 Å². The van der Waals surface area contributed by atoms with Gasteiger partial charge in [-0.15, -0.1) is 0 Å². The highest BCUT2D eigenvalue weighted by Crippen LogP contribution is 2.28. The van der Waals surface area contributed by atoms with Gasteiger partial charge in [-0.2, -0.15) is 0 Å². The van der Waals surface area contributed by atoms with Crippen molar-refractivity contribution in [2.45, 2.75) is 25.4 Å². The molecule has 2 aliphatic rings. The van der Waals surface area contributed by atoms with Gasteiger partial charge in [-0.25, -0.2) is 22.7 Å². The van der Waals surface area contributed by atoms with E-state index in [-0.39, 0.29) is 18.6 Å². The van der Waals surface area contributed by atoms with E-state index in [1.54, 1.807) is 16.7 Å². The van der Waals surface area contributed by atoms with Crippen molar-refractivity contribution in [1.82, 2.24) is 24.6 Å². The summed E-state index contributed by atoms with van der Waals surface area (Å²) in [6.07, 6.45) is 7.12. The van der Waals surface area contributed by atoms with Crippen molar-refractivity contribution in [1.29, 1.82) is 0 Å². The Morgan fingerprint density at radius 2 is 1.89 bits per heavy atom. The van der Waals surface area contributed by atoms with Crippen LogP contribution in [0, 0.1) is 5.92 Å². The fraction of sp³-hybridized carbons (Fsp3) is 0.440. The van der Waals surface area contributed by atoms with E-state index in [2.05, 4.69) is 44.9 Å². The molecule has 2 N–H and O–H groups in total. The first-order valence-electron chi connectivity index (χ1n) is 12.1. The van der Waals surface area contributed by atoms with Crippen LogP contribution < -0.4 is 10.6 Å². The van der Waals surface area contributed by atoms with Crippen molar-refractivity contribution >= 4 is 32.8 Å². The average molecular weight is 511 g/mol. The van der Waals surface area contributed by atoms with E-state index in [0.29, 0.717) is 43.4 Å². The Bertz CT molecular complexity index is 1330. The highest BCUT2D eigenvalue weighted by molar-refractivity contribution is 7.88. The van der Waals surface area contributed by atoms with Crippen LogP contribution in [0.2, 0.25) is 0 Å². The lowest BCUT2D eigenvalue weighted by Crippen LogP contribution is -2.45. The van der Waals surface area contributed by atoms with Gasteiger partial charge >= 0.3 is 0 Å². The number of anilines is 1. The molecule has 2 aromatic heterocycles. The van der Waals surface area contributed by atoms with Crippen molar-refractivity contribution in [2.24, 2.45) is 5.92 Å². The highest BCUT2D eigenvalue weighted by Gasteiger charge is 2.25. The number of fused-ring (bicyclic) bond motifs is 1.